The largest absolute Gasteiger partial charge is 0.310 e. The van der Waals surface area contributed by atoms with Crippen molar-refractivity contribution in [3.05, 3.63) is 47.0 Å². The second kappa shape index (κ2) is 8.51. The Kier molecular flexibility index (Phi) is 5.89. The molecule has 3 aliphatic rings. The number of hydrogen-bond donors (Lipinski definition) is 1. The van der Waals surface area contributed by atoms with Gasteiger partial charge in [0.2, 0.25) is 0 Å². The van der Waals surface area contributed by atoms with Crippen LogP contribution in [0.2, 0.25) is 0 Å². The SMILES string of the molecule is C(Cc1ccc(CNC2CCCC2)cc1)=C1CCN(C2CCC2)CC1. The lowest BCUT2D eigenvalue weighted by Gasteiger charge is -2.40. The molecular weight excluding hydrogens is 304 g/mol. The Morgan fingerprint density at radius 2 is 1.56 bits per heavy atom. The topological polar surface area (TPSA) is 15.3 Å². The van der Waals surface area contributed by atoms with Crippen molar-refractivity contribution >= 4 is 0 Å². The average molecular weight is 339 g/mol. The van der Waals surface area contributed by atoms with E-state index in [9.17, 15) is 0 Å². The lowest BCUT2D eigenvalue weighted by atomic mass is 9.89. The normalized spacial score (nSPS) is 23.0. The maximum atomic E-state index is 3.71. The minimum atomic E-state index is 0.759. The number of nitrogens with one attached hydrogen (secondary N) is 1. The summed E-state index contributed by atoms with van der Waals surface area (Å²) >= 11 is 0. The molecule has 2 saturated carbocycles. The van der Waals surface area contributed by atoms with Gasteiger partial charge in [-0.05, 0) is 56.1 Å². The van der Waals surface area contributed by atoms with Gasteiger partial charge in [0.05, 0.1) is 0 Å². The summed E-state index contributed by atoms with van der Waals surface area (Å²) in [7, 11) is 0. The molecule has 25 heavy (non-hydrogen) atoms. The van der Waals surface area contributed by atoms with E-state index in [2.05, 4.69) is 40.6 Å². The molecule has 136 valence electrons. The van der Waals surface area contributed by atoms with Crippen LogP contribution in [0.5, 0.6) is 0 Å². The molecule has 0 atom stereocenters. The molecule has 2 nitrogen and oxygen atoms in total. The molecule has 0 spiro atoms. The molecule has 1 saturated heterocycles. The fourth-order valence-corrected chi connectivity index (χ4v) is 4.58. The van der Waals surface area contributed by atoms with Gasteiger partial charge in [-0.3, -0.25) is 4.90 Å². The van der Waals surface area contributed by atoms with Crippen molar-refractivity contribution < 1.29 is 0 Å². The van der Waals surface area contributed by atoms with Gasteiger partial charge in [0.15, 0.2) is 0 Å². The second-order valence-corrected chi connectivity index (χ2v) is 8.37. The summed E-state index contributed by atoms with van der Waals surface area (Å²) in [6.07, 6.45) is 16.1. The van der Waals surface area contributed by atoms with Crippen LogP contribution in [0.25, 0.3) is 0 Å². The van der Waals surface area contributed by atoms with Crippen molar-refractivity contribution in [1.82, 2.24) is 10.2 Å². The molecule has 0 amide bonds. The zero-order chi connectivity index (χ0) is 16.9. The van der Waals surface area contributed by atoms with Crippen LogP contribution in [-0.2, 0) is 13.0 Å². The molecule has 4 rings (SSSR count). The second-order valence-electron chi connectivity index (χ2n) is 8.37. The van der Waals surface area contributed by atoms with E-state index in [-0.39, 0.29) is 0 Å². The molecule has 0 radical (unpaired) electrons. The Hall–Kier alpha value is -1.12. The quantitative estimate of drug-likeness (QED) is 0.747. The first-order valence-electron chi connectivity index (χ1n) is 10.6. The first-order chi connectivity index (χ1) is 12.4. The van der Waals surface area contributed by atoms with Crippen LogP contribution in [0, 0.1) is 0 Å². The van der Waals surface area contributed by atoms with E-state index in [4.69, 9.17) is 0 Å². The fourth-order valence-electron chi connectivity index (χ4n) is 4.58. The molecule has 0 bridgehead atoms. The van der Waals surface area contributed by atoms with Crippen molar-refractivity contribution in [2.24, 2.45) is 0 Å². The summed E-state index contributed by atoms with van der Waals surface area (Å²) in [5.41, 5.74) is 4.57. The third-order valence-corrected chi connectivity index (χ3v) is 6.63. The van der Waals surface area contributed by atoms with Crippen molar-refractivity contribution in [3.63, 3.8) is 0 Å². The van der Waals surface area contributed by atoms with Crippen LogP contribution in [0.3, 0.4) is 0 Å². The Morgan fingerprint density at radius 1 is 0.880 bits per heavy atom. The van der Waals surface area contributed by atoms with Crippen LogP contribution in [-0.4, -0.2) is 30.1 Å². The van der Waals surface area contributed by atoms with E-state index in [1.165, 1.54) is 82.0 Å². The van der Waals surface area contributed by atoms with E-state index in [0.29, 0.717) is 0 Å². The number of hydrogen-bond acceptors (Lipinski definition) is 2. The molecule has 1 N–H and O–H groups in total. The molecule has 1 heterocycles. The average Bonchev–Trinajstić information content (AvgIpc) is 3.12. The van der Waals surface area contributed by atoms with Crippen molar-refractivity contribution in [2.75, 3.05) is 13.1 Å². The first-order valence-corrected chi connectivity index (χ1v) is 10.6. The van der Waals surface area contributed by atoms with E-state index >= 15 is 0 Å². The highest BCUT2D eigenvalue weighted by Gasteiger charge is 2.26. The molecule has 1 aliphatic heterocycles. The van der Waals surface area contributed by atoms with Gasteiger partial charge in [0, 0.05) is 31.7 Å². The molecule has 3 fully saturated rings. The number of likely N-dealkylation sites (tertiary alicyclic amines) is 1. The lowest BCUT2D eigenvalue weighted by molar-refractivity contribution is 0.118. The molecule has 2 heteroatoms. The van der Waals surface area contributed by atoms with Gasteiger partial charge in [-0.25, -0.2) is 0 Å². The predicted molar refractivity (Wildman–Crippen MR) is 106 cm³/mol. The minimum absolute atomic E-state index is 0.759. The van der Waals surface area contributed by atoms with Gasteiger partial charge >= 0.3 is 0 Å². The van der Waals surface area contributed by atoms with Gasteiger partial charge in [-0.1, -0.05) is 55.2 Å². The summed E-state index contributed by atoms with van der Waals surface area (Å²) < 4.78 is 0. The summed E-state index contributed by atoms with van der Waals surface area (Å²) in [5, 5.41) is 3.71. The fraction of sp³-hybridized carbons (Fsp3) is 0.652. The van der Waals surface area contributed by atoms with E-state index < -0.39 is 0 Å². The molecular formula is C23H34N2. The van der Waals surface area contributed by atoms with Crippen LogP contribution in [0.15, 0.2) is 35.9 Å². The van der Waals surface area contributed by atoms with Gasteiger partial charge in [-0.15, -0.1) is 0 Å². The maximum Gasteiger partial charge on any atom is 0.0208 e. The zero-order valence-corrected chi connectivity index (χ0v) is 15.7. The third-order valence-electron chi connectivity index (χ3n) is 6.63. The monoisotopic (exact) mass is 338 g/mol. The van der Waals surface area contributed by atoms with Gasteiger partial charge < -0.3 is 5.32 Å². The van der Waals surface area contributed by atoms with Crippen molar-refractivity contribution in [1.29, 1.82) is 0 Å². The summed E-state index contributed by atoms with van der Waals surface area (Å²) in [5.74, 6) is 0. The van der Waals surface area contributed by atoms with Crippen LogP contribution in [0.4, 0.5) is 0 Å². The Balaban J connectivity index is 1.21. The Bertz CT molecular complexity index is 554. The molecule has 0 aromatic heterocycles. The third kappa shape index (κ3) is 4.74. The molecule has 1 aromatic rings. The summed E-state index contributed by atoms with van der Waals surface area (Å²) in [6, 6.07) is 11.0. The number of benzene rings is 1. The van der Waals surface area contributed by atoms with Crippen LogP contribution >= 0.6 is 0 Å². The molecule has 0 unspecified atom stereocenters. The smallest absolute Gasteiger partial charge is 0.0208 e. The van der Waals surface area contributed by atoms with Crippen molar-refractivity contribution in [2.45, 2.75) is 82.8 Å². The number of nitrogens with zero attached hydrogens (tertiary/aromatic N) is 1. The summed E-state index contributed by atoms with van der Waals surface area (Å²) in [6.45, 7) is 3.62. The first kappa shape index (κ1) is 17.3. The standard InChI is InChI=1S/C23H34N2/c1-2-5-22(4-1)24-18-21-12-10-19(11-13-21)8-9-20-14-16-25(17-15-20)23-6-3-7-23/h9-13,22-24H,1-8,14-18H2. The highest BCUT2D eigenvalue weighted by Crippen LogP contribution is 2.28. The maximum absolute atomic E-state index is 3.71. The highest BCUT2D eigenvalue weighted by atomic mass is 15.2. The van der Waals surface area contributed by atoms with Crippen molar-refractivity contribution in [3.8, 4) is 0 Å². The zero-order valence-electron chi connectivity index (χ0n) is 15.7. The van der Waals surface area contributed by atoms with Gasteiger partial charge in [-0.2, -0.15) is 0 Å². The number of allylic oxidation sites excluding steroid dienone is 1. The van der Waals surface area contributed by atoms with Gasteiger partial charge in [0.1, 0.15) is 0 Å². The number of rotatable bonds is 6. The highest BCUT2D eigenvalue weighted by molar-refractivity contribution is 5.25. The van der Waals surface area contributed by atoms with E-state index in [1.807, 2.05) is 0 Å². The van der Waals surface area contributed by atoms with Gasteiger partial charge in [0.25, 0.3) is 0 Å². The summed E-state index contributed by atoms with van der Waals surface area (Å²) in [4.78, 5) is 2.73. The predicted octanol–water partition coefficient (Wildman–Crippen LogP) is 4.84. The lowest BCUT2D eigenvalue weighted by Crippen LogP contribution is -2.43. The Morgan fingerprint density at radius 3 is 2.20 bits per heavy atom. The number of piperidine rings is 1. The molecule has 2 aliphatic carbocycles. The Labute approximate surface area is 153 Å². The van der Waals surface area contributed by atoms with E-state index in [1.54, 1.807) is 5.57 Å². The molecule has 1 aromatic carbocycles. The van der Waals surface area contributed by atoms with E-state index in [0.717, 1.165) is 25.0 Å². The van der Waals surface area contributed by atoms with Crippen LogP contribution in [0.1, 0.15) is 68.9 Å². The minimum Gasteiger partial charge on any atom is -0.310 e. The van der Waals surface area contributed by atoms with Crippen LogP contribution < -0.4 is 5.32 Å².